The summed E-state index contributed by atoms with van der Waals surface area (Å²) in [5, 5.41) is 14.3. The third kappa shape index (κ3) is 22.4. The van der Waals surface area contributed by atoms with E-state index in [0.29, 0.717) is 0 Å². The molecule has 8 heteroatoms. The van der Waals surface area contributed by atoms with Crippen molar-refractivity contribution in [2.45, 2.75) is 98.6 Å². The molecule has 0 heterocycles. The fraction of sp³-hybridized carbons (Fsp3) is 0.636. The van der Waals surface area contributed by atoms with Gasteiger partial charge in [-0.25, -0.2) is 0 Å². The van der Waals surface area contributed by atoms with Crippen LogP contribution in [0.25, 0.3) is 0 Å². The predicted molar refractivity (Wildman–Crippen MR) is 206 cm³/mol. The standard InChI is InChI=1S/C32H54N4.CH4.4BrH/c1-31(2,3)29-15-11-27(12-16-29)25-35-23-9-21-33-19-7-8-20-34-22-10-24-36-26-28-13-17-30(18-14-28)32(4,5)6;;;;;/h11-18,33-36H,7-10,19-26H2,1-6H3;1H4;4*1H. The SMILES string of the molecule is Br.Br.Br.Br.C.CC(C)(C)c1ccc(CNCCCNCCCCNCCCNCc2ccc(C(C)(C)C)cc2)cc1. The van der Waals surface area contributed by atoms with E-state index in [2.05, 4.69) is 111 Å². The van der Waals surface area contributed by atoms with Gasteiger partial charge in [0.05, 0.1) is 0 Å². The highest BCUT2D eigenvalue weighted by Crippen LogP contribution is 2.23. The largest absolute Gasteiger partial charge is 0.317 e. The zero-order chi connectivity index (χ0) is 26.3. The van der Waals surface area contributed by atoms with E-state index in [-0.39, 0.29) is 86.2 Å². The lowest BCUT2D eigenvalue weighted by atomic mass is 9.87. The van der Waals surface area contributed by atoms with Crippen molar-refractivity contribution in [1.29, 1.82) is 0 Å². The Balaban J connectivity index is -0.00000137. The number of benzene rings is 2. The average Bonchev–Trinajstić information content (AvgIpc) is 2.83. The molecule has 2 aromatic rings. The lowest BCUT2D eigenvalue weighted by molar-refractivity contribution is 0.547. The summed E-state index contributed by atoms with van der Waals surface area (Å²) in [4.78, 5) is 0. The molecule has 4 nitrogen and oxygen atoms in total. The van der Waals surface area contributed by atoms with Crippen LogP contribution in [0.3, 0.4) is 0 Å². The minimum Gasteiger partial charge on any atom is -0.317 e. The lowest BCUT2D eigenvalue weighted by Crippen LogP contribution is -2.24. The molecule has 41 heavy (non-hydrogen) atoms. The third-order valence-electron chi connectivity index (χ3n) is 6.67. The van der Waals surface area contributed by atoms with Crippen LogP contribution in [0.2, 0.25) is 0 Å². The van der Waals surface area contributed by atoms with Crippen molar-refractivity contribution in [1.82, 2.24) is 21.3 Å². The monoisotopic (exact) mass is 830 g/mol. The van der Waals surface area contributed by atoms with Gasteiger partial charge >= 0.3 is 0 Å². The molecule has 4 N–H and O–H groups in total. The van der Waals surface area contributed by atoms with Crippen LogP contribution in [0.5, 0.6) is 0 Å². The summed E-state index contributed by atoms with van der Waals surface area (Å²) in [6, 6.07) is 18.1. The van der Waals surface area contributed by atoms with E-state index in [1.54, 1.807) is 0 Å². The van der Waals surface area contributed by atoms with Crippen molar-refractivity contribution >= 4 is 67.9 Å². The summed E-state index contributed by atoms with van der Waals surface area (Å²) in [5.41, 5.74) is 5.99. The second-order valence-electron chi connectivity index (χ2n) is 12.2. The Morgan fingerprint density at radius 1 is 0.415 bits per heavy atom. The number of hydrogen-bond acceptors (Lipinski definition) is 4. The lowest BCUT2D eigenvalue weighted by Gasteiger charge is -2.19. The van der Waals surface area contributed by atoms with Crippen molar-refractivity contribution in [3.63, 3.8) is 0 Å². The molecule has 0 unspecified atom stereocenters. The van der Waals surface area contributed by atoms with Gasteiger partial charge in [0.25, 0.3) is 0 Å². The summed E-state index contributed by atoms with van der Waals surface area (Å²) in [7, 11) is 0. The number of unbranched alkanes of at least 4 members (excludes halogenated alkanes) is 1. The van der Waals surface area contributed by atoms with Gasteiger partial charge < -0.3 is 21.3 Å². The van der Waals surface area contributed by atoms with Crippen LogP contribution in [0, 0.1) is 0 Å². The van der Waals surface area contributed by atoms with Crippen molar-refractivity contribution in [2.24, 2.45) is 0 Å². The van der Waals surface area contributed by atoms with Crippen LogP contribution in [0.4, 0.5) is 0 Å². The van der Waals surface area contributed by atoms with Gasteiger partial charge in [0, 0.05) is 13.1 Å². The van der Waals surface area contributed by atoms with Crippen molar-refractivity contribution in [2.75, 3.05) is 39.3 Å². The summed E-state index contributed by atoms with van der Waals surface area (Å²) >= 11 is 0. The van der Waals surface area contributed by atoms with Gasteiger partial charge in [-0.3, -0.25) is 0 Å². The quantitative estimate of drug-likeness (QED) is 0.121. The van der Waals surface area contributed by atoms with Gasteiger partial charge in [-0.15, -0.1) is 67.9 Å². The first kappa shape index (κ1) is 48.1. The van der Waals surface area contributed by atoms with Gasteiger partial charge in [-0.05, 0) is 98.0 Å². The zero-order valence-corrected chi connectivity index (χ0v) is 32.6. The van der Waals surface area contributed by atoms with Crippen LogP contribution in [0.1, 0.15) is 96.9 Å². The van der Waals surface area contributed by atoms with Crippen molar-refractivity contribution in [3.8, 4) is 0 Å². The van der Waals surface area contributed by atoms with Crippen molar-refractivity contribution in [3.05, 3.63) is 70.8 Å². The van der Waals surface area contributed by atoms with E-state index >= 15 is 0 Å². The van der Waals surface area contributed by atoms with Gasteiger partial charge in [0.1, 0.15) is 0 Å². The van der Waals surface area contributed by atoms with E-state index in [4.69, 9.17) is 0 Å². The fourth-order valence-electron chi connectivity index (χ4n) is 4.14. The van der Waals surface area contributed by atoms with Gasteiger partial charge in [0.2, 0.25) is 0 Å². The highest BCUT2D eigenvalue weighted by Gasteiger charge is 2.13. The topological polar surface area (TPSA) is 48.1 Å². The van der Waals surface area contributed by atoms with E-state index < -0.39 is 0 Å². The molecule has 2 rings (SSSR count). The smallest absolute Gasteiger partial charge is 0.0205 e. The molecule has 2 aromatic carbocycles. The summed E-state index contributed by atoms with van der Waals surface area (Å²) in [5.74, 6) is 0. The molecule has 0 amide bonds. The minimum atomic E-state index is 0. The Morgan fingerprint density at radius 2 is 0.683 bits per heavy atom. The highest BCUT2D eigenvalue weighted by molar-refractivity contribution is 8.93. The maximum absolute atomic E-state index is 3.58. The van der Waals surface area contributed by atoms with E-state index in [0.717, 1.165) is 52.4 Å². The zero-order valence-electron chi connectivity index (χ0n) is 25.7. The fourth-order valence-corrected chi connectivity index (χ4v) is 4.14. The highest BCUT2D eigenvalue weighted by atomic mass is 79.9. The van der Waals surface area contributed by atoms with Crippen molar-refractivity contribution < 1.29 is 0 Å². The van der Waals surface area contributed by atoms with Crippen LogP contribution in [-0.4, -0.2) is 39.3 Å². The first-order valence-electron chi connectivity index (χ1n) is 14.2. The molecule has 0 radical (unpaired) electrons. The molecular weight excluding hydrogens is 772 g/mol. The summed E-state index contributed by atoms with van der Waals surface area (Å²) in [6.45, 7) is 22.0. The second kappa shape index (κ2) is 26.6. The number of rotatable bonds is 17. The van der Waals surface area contributed by atoms with E-state index in [9.17, 15) is 0 Å². The molecule has 0 atom stereocenters. The van der Waals surface area contributed by atoms with Gasteiger partial charge in [-0.2, -0.15) is 0 Å². The molecule has 0 saturated heterocycles. The average molecular weight is 835 g/mol. The molecular formula is C33H62Br4N4. The van der Waals surface area contributed by atoms with E-state index in [1.165, 1.54) is 47.9 Å². The number of halogens is 4. The first-order chi connectivity index (χ1) is 17.2. The Kier molecular flexibility index (Phi) is 31.2. The molecule has 0 fully saturated rings. The second-order valence-corrected chi connectivity index (χ2v) is 12.2. The minimum absolute atomic E-state index is 0. The molecule has 242 valence electrons. The first-order valence-corrected chi connectivity index (χ1v) is 14.2. The van der Waals surface area contributed by atoms with Crippen LogP contribution < -0.4 is 21.3 Å². The maximum Gasteiger partial charge on any atom is 0.0205 e. The predicted octanol–water partition coefficient (Wildman–Crippen LogP) is 8.85. The van der Waals surface area contributed by atoms with E-state index in [1.807, 2.05) is 0 Å². The number of hydrogen-bond donors (Lipinski definition) is 4. The van der Waals surface area contributed by atoms with Gasteiger partial charge in [0.15, 0.2) is 0 Å². The Hall–Kier alpha value is 0.200. The Morgan fingerprint density at radius 3 is 0.976 bits per heavy atom. The van der Waals surface area contributed by atoms with Crippen LogP contribution >= 0.6 is 67.9 Å². The van der Waals surface area contributed by atoms with Crippen LogP contribution in [0.15, 0.2) is 48.5 Å². The maximum atomic E-state index is 3.58. The molecule has 0 spiro atoms. The molecule has 0 aliphatic carbocycles. The van der Waals surface area contributed by atoms with Gasteiger partial charge in [-0.1, -0.05) is 97.5 Å². The molecule has 0 aliphatic rings. The molecule has 0 aliphatic heterocycles. The normalized spacial score (nSPS) is 10.8. The summed E-state index contributed by atoms with van der Waals surface area (Å²) < 4.78 is 0. The molecule has 0 aromatic heterocycles. The molecule has 0 bridgehead atoms. The van der Waals surface area contributed by atoms with Crippen LogP contribution in [-0.2, 0) is 23.9 Å². The Labute approximate surface area is 295 Å². The summed E-state index contributed by atoms with van der Waals surface area (Å²) in [6.07, 6.45) is 4.82. The Bertz CT molecular complexity index is 761. The molecule has 0 saturated carbocycles. The number of nitrogens with one attached hydrogen (secondary N) is 4. The third-order valence-corrected chi connectivity index (χ3v) is 6.67.